The van der Waals surface area contributed by atoms with E-state index in [1.807, 2.05) is 0 Å². The molecule has 0 fully saturated rings. The lowest BCUT2D eigenvalue weighted by Gasteiger charge is -2.08. The molecule has 0 unspecified atom stereocenters. The minimum absolute atomic E-state index is 0.0374. The van der Waals surface area contributed by atoms with Gasteiger partial charge < -0.3 is 9.73 Å². The van der Waals surface area contributed by atoms with Crippen LogP contribution in [-0.4, -0.2) is 19.3 Å². The number of aromatic nitrogens is 1. The number of sulfonamides is 1. The molecule has 0 aliphatic heterocycles. The van der Waals surface area contributed by atoms with Crippen molar-refractivity contribution in [3.63, 3.8) is 0 Å². The van der Waals surface area contributed by atoms with Gasteiger partial charge in [-0.1, -0.05) is 6.07 Å². The van der Waals surface area contributed by atoms with Crippen LogP contribution in [0.25, 0.3) is 0 Å². The maximum Gasteiger partial charge on any atom is 0.293 e. The van der Waals surface area contributed by atoms with Gasteiger partial charge in [0.15, 0.2) is 6.39 Å². The summed E-state index contributed by atoms with van der Waals surface area (Å²) >= 11 is 0. The molecular weight excluding hydrogens is 282 g/mol. The van der Waals surface area contributed by atoms with Crippen LogP contribution in [0.1, 0.15) is 21.8 Å². The fourth-order valence-corrected chi connectivity index (χ4v) is 2.50. The normalized spacial score (nSPS) is 11.3. The summed E-state index contributed by atoms with van der Waals surface area (Å²) in [6.07, 6.45) is 1.16. The van der Waals surface area contributed by atoms with Gasteiger partial charge in [-0.3, -0.25) is 4.79 Å². The number of hydrogen-bond donors (Lipinski definition) is 2. The van der Waals surface area contributed by atoms with Crippen LogP contribution in [-0.2, 0) is 10.0 Å². The Morgan fingerprint density at radius 2 is 2.05 bits per heavy atom. The molecule has 1 heterocycles. The lowest BCUT2D eigenvalue weighted by molar-refractivity contribution is 0.0996. The van der Waals surface area contributed by atoms with E-state index in [1.54, 1.807) is 26.0 Å². The summed E-state index contributed by atoms with van der Waals surface area (Å²) in [7, 11) is -3.84. The van der Waals surface area contributed by atoms with Gasteiger partial charge in [-0.2, -0.15) is 0 Å². The largest absolute Gasteiger partial charge is 0.438 e. The molecular formula is C12H13N3O4S. The highest BCUT2D eigenvalue weighted by atomic mass is 32.2. The summed E-state index contributed by atoms with van der Waals surface area (Å²) in [5.41, 5.74) is 1.25. The first-order valence-corrected chi connectivity index (χ1v) is 7.18. The third kappa shape index (κ3) is 2.86. The van der Waals surface area contributed by atoms with Crippen LogP contribution in [0.4, 0.5) is 5.69 Å². The van der Waals surface area contributed by atoms with E-state index < -0.39 is 15.9 Å². The predicted octanol–water partition coefficient (Wildman–Crippen LogP) is 1.19. The molecule has 1 aromatic heterocycles. The van der Waals surface area contributed by atoms with Crippen molar-refractivity contribution < 1.29 is 17.6 Å². The zero-order chi connectivity index (χ0) is 14.9. The summed E-state index contributed by atoms with van der Waals surface area (Å²) in [5.74, 6) is -0.438. The molecule has 2 rings (SSSR count). The second-order valence-electron chi connectivity index (χ2n) is 4.25. The number of anilines is 1. The van der Waals surface area contributed by atoms with Gasteiger partial charge in [0.2, 0.25) is 15.8 Å². The summed E-state index contributed by atoms with van der Waals surface area (Å²) in [4.78, 5) is 15.7. The number of nitrogens with one attached hydrogen (secondary N) is 1. The SMILES string of the molecule is Cc1ccc(NC(=O)c2ocnc2C)cc1S(N)(=O)=O. The lowest BCUT2D eigenvalue weighted by Crippen LogP contribution is -2.16. The molecule has 0 radical (unpaired) electrons. The number of oxazole rings is 1. The molecule has 1 amide bonds. The molecule has 3 N–H and O–H groups in total. The molecule has 0 aliphatic rings. The van der Waals surface area contributed by atoms with Gasteiger partial charge in [0.25, 0.3) is 5.91 Å². The molecule has 8 heteroatoms. The Bertz CT molecular complexity index is 765. The van der Waals surface area contributed by atoms with Crippen molar-refractivity contribution in [3.05, 3.63) is 41.6 Å². The zero-order valence-corrected chi connectivity index (χ0v) is 11.7. The Kier molecular flexibility index (Phi) is 3.60. The van der Waals surface area contributed by atoms with Gasteiger partial charge >= 0.3 is 0 Å². The highest BCUT2D eigenvalue weighted by Gasteiger charge is 2.16. The second kappa shape index (κ2) is 5.06. The highest BCUT2D eigenvalue weighted by Crippen LogP contribution is 2.20. The van der Waals surface area contributed by atoms with Crippen molar-refractivity contribution >= 4 is 21.6 Å². The third-order valence-corrected chi connectivity index (χ3v) is 3.76. The molecule has 106 valence electrons. The number of amides is 1. The smallest absolute Gasteiger partial charge is 0.293 e. The van der Waals surface area contributed by atoms with Crippen LogP contribution in [0, 0.1) is 13.8 Å². The van der Waals surface area contributed by atoms with E-state index in [0.717, 1.165) is 6.39 Å². The Balaban J connectivity index is 2.32. The van der Waals surface area contributed by atoms with E-state index in [4.69, 9.17) is 9.56 Å². The number of rotatable bonds is 3. The van der Waals surface area contributed by atoms with Crippen molar-refractivity contribution in [2.24, 2.45) is 5.14 Å². The number of nitrogens with zero attached hydrogens (tertiary/aromatic N) is 1. The topological polar surface area (TPSA) is 115 Å². The number of nitrogens with two attached hydrogens (primary N) is 1. The Morgan fingerprint density at radius 1 is 1.35 bits per heavy atom. The van der Waals surface area contributed by atoms with Crippen molar-refractivity contribution in [1.29, 1.82) is 0 Å². The summed E-state index contributed by atoms with van der Waals surface area (Å²) in [6, 6.07) is 4.44. The molecule has 0 saturated heterocycles. The van der Waals surface area contributed by atoms with Gasteiger partial charge in [-0.25, -0.2) is 18.5 Å². The minimum atomic E-state index is -3.84. The maximum atomic E-state index is 11.9. The third-order valence-electron chi connectivity index (χ3n) is 2.70. The lowest BCUT2D eigenvalue weighted by atomic mass is 10.2. The van der Waals surface area contributed by atoms with Crippen LogP contribution < -0.4 is 10.5 Å². The molecule has 0 atom stereocenters. The van der Waals surface area contributed by atoms with Gasteiger partial charge in [-0.15, -0.1) is 0 Å². The number of carbonyl (C=O) groups is 1. The summed E-state index contributed by atoms with van der Waals surface area (Å²) < 4.78 is 27.8. The number of benzene rings is 1. The first-order valence-electron chi connectivity index (χ1n) is 5.64. The minimum Gasteiger partial charge on any atom is -0.438 e. The van der Waals surface area contributed by atoms with Crippen molar-refractivity contribution in [2.75, 3.05) is 5.32 Å². The van der Waals surface area contributed by atoms with Crippen molar-refractivity contribution in [2.45, 2.75) is 18.7 Å². The van der Waals surface area contributed by atoms with E-state index in [2.05, 4.69) is 10.3 Å². The first-order chi connectivity index (χ1) is 9.29. The van der Waals surface area contributed by atoms with Crippen molar-refractivity contribution in [1.82, 2.24) is 4.98 Å². The van der Waals surface area contributed by atoms with Gasteiger partial charge in [0.05, 0.1) is 10.6 Å². The first kappa shape index (κ1) is 14.2. The van der Waals surface area contributed by atoms with E-state index in [1.165, 1.54) is 6.07 Å². The maximum absolute atomic E-state index is 11.9. The second-order valence-corrected chi connectivity index (χ2v) is 5.78. The van der Waals surface area contributed by atoms with E-state index >= 15 is 0 Å². The van der Waals surface area contributed by atoms with Crippen LogP contribution in [0.15, 0.2) is 33.9 Å². The molecule has 0 saturated carbocycles. The standard InChI is InChI=1S/C12H13N3O4S/c1-7-3-4-9(5-10(7)20(13,17)18)15-12(16)11-8(2)14-6-19-11/h3-6H,1-2H3,(H,15,16)(H2,13,17,18). The molecule has 2 aromatic rings. The monoisotopic (exact) mass is 295 g/mol. The molecule has 1 aromatic carbocycles. The van der Waals surface area contributed by atoms with Crippen LogP contribution in [0.2, 0.25) is 0 Å². The molecule has 20 heavy (non-hydrogen) atoms. The highest BCUT2D eigenvalue weighted by molar-refractivity contribution is 7.89. The number of carbonyl (C=O) groups excluding carboxylic acids is 1. The van der Waals surface area contributed by atoms with Crippen LogP contribution in [0.3, 0.4) is 0 Å². The van der Waals surface area contributed by atoms with Crippen LogP contribution in [0.5, 0.6) is 0 Å². The van der Waals surface area contributed by atoms with E-state index in [9.17, 15) is 13.2 Å². The molecule has 0 bridgehead atoms. The van der Waals surface area contributed by atoms with Gasteiger partial charge in [0, 0.05) is 5.69 Å². The van der Waals surface area contributed by atoms with Crippen LogP contribution >= 0.6 is 0 Å². The average Bonchev–Trinajstić information content (AvgIpc) is 2.76. The zero-order valence-electron chi connectivity index (χ0n) is 10.9. The fraction of sp³-hybridized carbons (Fsp3) is 0.167. The number of hydrogen-bond acceptors (Lipinski definition) is 5. The Hall–Kier alpha value is -2.19. The summed E-state index contributed by atoms with van der Waals surface area (Å²) in [6.45, 7) is 3.25. The summed E-state index contributed by atoms with van der Waals surface area (Å²) in [5, 5.41) is 7.64. The Labute approximate surface area is 115 Å². The van der Waals surface area contributed by atoms with E-state index in [-0.39, 0.29) is 10.7 Å². The molecule has 0 spiro atoms. The quantitative estimate of drug-likeness (QED) is 0.882. The molecule has 7 nitrogen and oxygen atoms in total. The van der Waals surface area contributed by atoms with Gasteiger partial charge in [0.1, 0.15) is 0 Å². The average molecular weight is 295 g/mol. The van der Waals surface area contributed by atoms with E-state index in [0.29, 0.717) is 16.9 Å². The molecule has 0 aliphatic carbocycles. The predicted molar refractivity (Wildman–Crippen MR) is 71.7 cm³/mol. The fourth-order valence-electron chi connectivity index (χ4n) is 1.69. The number of primary sulfonamides is 1. The number of aryl methyl sites for hydroxylation is 2. The van der Waals surface area contributed by atoms with Gasteiger partial charge in [-0.05, 0) is 31.5 Å². The Morgan fingerprint density at radius 3 is 2.60 bits per heavy atom. The van der Waals surface area contributed by atoms with Crippen molar-refractivity contribution in [3.8, 4) is 0 Å².